The first kappa shape index (κ1) is 18.3. The van der Waals surface area contributed by atoms with Crippen molar-refractivity contribution in [2.75, 3.05) is 6.54 Å². The van der Waals surface area contributed by atoms with Crippen LogP contribution in [0.25, 0.3) is 0 Å². The van der Waals surface area contributed by atoms with Crippen molar-refractivity contribution in [2.45, 2.75) is 52.4 Å². The van der Waals surface area contributed by atoms with Gasteiger partial charge in [0.25, 0.3) is 0 Å². The van der Waals surface area contributed by atoms with E-state index in [1.54, 1.807) is 0 Å². The van der Waals surface area contributed by atoms with Gasteiger partial charge < -0.3 is 15.9 Å². The Bertz CT molecular complexity index is 201. The highest BCUT2D eigenvalue weighted by Crippen LogP contribution is 2.12. The van der Waals surface area contributed by atoms with Crippen LogP contribution in [0.4, 0.5) is 0 Å². The molecule has 0 aromatic carbocycles. The second-order valence-corrected chi connectivity index (χ2v) is 3.90. The summed E-state index contributed by atoms with van der Waals surface area (Å²) in [5.74, 6) is -1.51. The summed E-state index contributed by atoms with van der Waals surface area (Å²) in [4.78, 5) is 20.2. The Morgan fingerprint density at radius 2 is 1.59 bits per heavy atom. The average Bonchev–Trinajstić information content (AvgIpc) is 2.26. The number of carboxylic acids is 2. The first-order valence-electron chi connectivity index (χ1n) is 6.14. The third-order valence-electron chi connectivity index (χ3n) is 2.22. The lowest BCUT2D eigenvalue weighted by atomic mass is 9.99. The molecule has 0 aromatic rings. The number of hydrogen-bond donors (Lipinski definition) is 3. The molecule has 0 aliphatic rings. The predicted molar refractivity (Wildman–Crippen MR) is 66.9 cm³/mol. The third kappa shape index (κ3) is 14.9. The van der Waals surface area contributed by atoms with Gasteiger partial charge in [0, 0.05) is 6.42 Å². The van der Waals surface area contributed by atoms with Crippen molar-refractivity contribution in [3.8, 4) is 0 Å². The van der Waals surface area contributed by atoms with E-state index >= 15 is 0 Å². The van der Waals surface area contributed by atoms with Gasteiger partial charge in [-0.2, -0.15) is 0 Å². The zero-order valence-corrected chi connectivity index (χ0v) is 10.8. The first-order valence-corrected chi connectivity index (χ1v) is 6.14. The Balaban J connectivity index is 0. The van der Waals surface area contributed by atoms with Crippen LogP contribution in [0.3, 0.4) is 0 Å². The van der Waals surface area contributed by atoms with Crippen LogP contribution >= 0.6 is 0 Å². The van der Waals surface area contributed by atoms with Gasteiger partial charge in [0.2, 0.25) is 0 Å². The molecule has 0 heterocycles. The Labute approximate surface area is 103 Å². The van der Waals surface area contributed by atoms with Gasteiger partial charge in [-0.05, 0) is 25.8 Å². The van der Waals surface area contributed by atoms with Crippen molar-refractivity contribution >= 4 is 11.9 Å². The molecule has 0 spiro atoms. The monoisotopic (exact) mass is 247 g/mol. The summed E-state index contributed by atoms with van der Waals surface area (Å²) in [6.07, 6.45) is 4.35. The fourth-order valence-electron chi connectivity index (χ4n) is 1.34. The normalized spacial score (nSPS) is 9.65. The SMILES string of the molecule is CCCC(CCC)C(=O)O.NCCCC(=O)O. The van der Waals surface area contributed by atoms with Crippen LogP contribution in [0.15, 0.2) is 0 Å². The third-order valence-corrected chi connectivity index (χ3v) is 2.22. The molecule has 0 aliphatic heterocycles. The molecule has 0 saturated carbocycles. The second kappa shape index (κ2) is 13.0. The maximum absolute atomic E-state index is 10.5. The molecule has 0 bridgehead atoms. The highest BCUT2D eigenvalue weighted by atomic mass is 16.4. The van der Waals surface area contributed by atoms with Gasteiger partial charge >= 0.3 is 11.9 Å². The van der Waals surface area contributed by atoms with E-state index in [0.717, 1.165) is 25.7 Å². The van der Waals surface area contributed by atoms with Gasteiger partial charge in [0.1, 0.15) is 0 Å². The van der Waals surface area contributed by atoms with Gasteiger partial charge in [-0.1, -0.05) is 26.7 Å². The maximum Gasteiger partial charge on any atom is 0.306 e. The molecule has 0 aromatic heterocycles. The van der Waals surface area contributed by atoms with E-state index in [4.69, 9.17) is 15.9 Å². The van der Waals surface area contributed by atoms with Crippen LogP contribution in [-0.2, 0) is 9.59 Å². The van der Waals surface area contributed by atoms with Gasteiger partial charge in [0.15, 0.2) is 0 Å². The van der Waals surface area contributed by atoms with Crippen molar-refractivity contribution in [1.29, 1.82) is 0 Å². The van der Waals surface area contributed by atoms with Crippen LogP contribution in [0, 0.1) is 5.92 Å². The number of carbonyl (C=O) groups is 2. The van der Waals surface area contributed by atoms with Crippen molar-refractivity contribution < 1.29 is 19.8 Å². The van der Waals surface area contributed by atoms with E-state index in [9.17, 15) is 9.59 Å². The zero-order chi connectivity index (χ0) is 13.7. The maximum atomic E-state index is 10.5. The molecular formula is C12H25NO4. The number of rotatable bonds is 8. The van der Waals surface area contributed by atoms with E-state index in [1.165, 1.54) is 0 Å². The molecule has 4 N–H and O–H groups in total. The minimum atomic E-state index is -0.773. The minimum Gasteiger partial charge on any atom is -0.481 e. The van der Waals surface area contributed by atoms with Gasteiger partial charge in [-0.25, -0.2) is 0 Å². The Kier molecular flexibility index (Phi) is 13.9. The zero-order valence-electron chi connectivity index (χ0n) is 10.8. The summed E-state index contributed by atoms with van der Waals surface area (Å²) in [7, 11) is 0. The van der Waals surface area contributed by atoms with Crippen molar-refractivity contribution in [2.24, 2.45) is 11.7 Å². The van der Waals surface area contributed by atoms with Crippen molar-refractivity contribution in [3.63, 3.8) is 0 Å². The second-order valence-electron chi connectivity index (χ2n) is 3.90. The molecule has 0 fully saturated rings. The van der Waals surface area contributed by atoms with Gasteiger partial charge in [-0.3, -0.25) is 9.59 Å². The highest BCUT2D eigenvalue weighted by Gasteiger charge is 2.13. The smallest absolute Gasteiger partial charge is 0.306 e. The molecule has 0 saturated heterocycles. The standard InChI is InChI=1S/C8H16O2.C4H9NO2/c1-3-5-7(6-4-2)8(9)10;5-3-1-2-4(6)7/h7H,3-6H2,1-2H3,(H,9,10);1-3,5H2,(H,6,7). The summed E-state index contributed by atoms with van der Waals surface area (Å²) < 4.78 is 0. The van der Waals surface area contributed by atoms with Crippen molar-refractivity contribution in [1.82, 2.24) is 0 Å². The van der Waals surface area contributed by atoms with Crippen molar-refractivity contribution in [3.05, 3.63) is 0 Å². The summed E-state index contributed by atoms with van der Waals surface area (Å²) in [5.41, 5.74) is 5.01. The summed E-state index contributed by atoms with van der Waals surface area (Å²) >= 11 is 0. The lowest BCUT2D eigenvalue weighted by molar-refractivity contribution is -0.142. The Morgan fingerprint density at radius 3 is 1.76 bits per heavy atom. The number of hydrogen-bond acceptors (Lipinski definition) is 3. The lowest BCUT2D eigenvalue weighted by Crippen LogP contribution is -2.12. The molecule has 0 unspecified atom stereocenters. The fraction of sp³-hybridized carbons (Fsp3) is 0.833. The van der Waals surface area contributed by atoms with Gasteiger partial charge in [-0.15, -0.1) is 0 Å². The highest BCUT2D eigenvalue weighted by molar-refractivity contribution is 5.69. The van der Waals surface area contributed by atoms with Crippen LogP contribution in [-0.4, -0.2) is 28.7 Å². The lowest BCUT2D eigenvalue weighted by Gasteiger charge is -2.07. The van der Waals surface area contributed by atoms with Crippen LogP contribution in [0.1, 0.15) is 52.4 Å². The molecular weight excluding hydrogens is 222 g/mol. The van der Waals surface area contributed by atoms with Crippen LogP contribution in [0.5, 0.6) is 0 Å². The summed E-state index contributed by atoms with van der Waals surface area (Å²) in [6, 6.07) is 0. The number of aliphatic carboxylic acids is 2. The van der Waals surface area contributed by atoms with Crippen LogP contribution < -0.4 is 5.73 Å². The fourth-order valence-corrected chi connectivity index (χ4v) is 1.34. The molecule has 17 heavy (non-hydrogen) atoms. The molecule has 0 atom stereocenters. The topological polar surface area (TPSA) is 101 Å². The van der Waals surface area contributed by atoms with E-state index in [0.29, 0.717) is 13.0 Å². The molecule has 0 aliphatic carbocycles. The molecule has 0 radical (unpaired) electrons. The largest absolute Gasteiger partial charge is 0.481 e. The van der Waals surface area contributed by atoms with Gasteiger partial charge in [0.05, 0.1) is 5.92 Å². The van der Waals surface area contributed by atoms with E-state index in [-0.39, 0.29) is 12.3 Å². The Morgan fingerprint density at radius 1 is 1.12 bits per heavy atom. The molecule has 0 rings (SSSR count). The Hall–Kier alpha value is -1.10. The molecule has 0 amide bonds. The quantitative estimate of drug-likeness (QED) is 0.609. The van der Waals surface area contributed by atoms with E-state index in [2.05, 4.69) is 0 Å². The van der Waals surface area contributed by atoms with E-state index in [1.807, 2.05) is 13.8 Å². The predicted octanol–water partition coefficient (Wildman–Crippen LogP) is 2.10. The first-order chi connectivity index (χ1) is 7.99. The van der Waals surface area contributed by atoms with E-state index < -0.39 is 11.9 Å². The molecule has 5 heteroatoms. The average molecular weight is 247 g/mol. The summed E-state index contributed by atoms with van der Waals surface area (Å²) in [6.45, 7) is 4.50. The summed E-state index contributed by atoms with van der Waals surface area (Å²) in [5, 5.41) is 16.6. The minimum absolute atomic E-state index is 0.102. The van der Waals surface area contributed by atoms with Crippen LogP contribution in [0.2, 0.25) is 0 Å². The number of carboxylic acid groups (broad SMARTS) is 2. The molecule has 5 nitrogen and oxygen atoms in total. The molecule has 102 valence electrons. The number of nitrogens with two attached hydrogens (primary N) is 1.